The normalized spacial score (nSPS) is 12.3. The summed E-state index contributed by atoms with van der Waals surface area (Å²) in [6.45, 7) is 4.06. The van der Waals surface area contributed by atoms with Crippen LogP contribution >= 0.6 is 0 Å². The highest BCUT2D eigenvalue weighted by molar-refractivity contribution is 5.93. The summed E-state index contributed by atoms with van der Waals surface area (Å²) in [6, 6.07) is 8.49. The maximum Gasteiger partial charge on any atom is 0.435 e. The Morgan fingerprint density at radius 3 is 2.45 bits per heavy atom. The highest BCUT2D eigenvalue weighted by Gasteiger charge is 2.42. The number of nitrogens with one attached hydrogen (secondary N) is 1. The molecule has 1 atom stereocenters. The maximum absolute atomic E-state index is 13.8. The summed E-state index contributed by atoms with van der Waals surface area (Å²) < 4.78 is 65.9. The minimum absolute atomic E-state index is 0.0873. The van der Waals surface area contributed by atoms with E-state index in [1.54, 1.807) is 25.1 Å². The number of halogens is 4. The van der Waals surface area contributed by atoms with Crippen LogP contribution in [0.4, 0.5) is 17.6 Å². The number of methoxy groups -OCH3 is 1. The lowest BCUT2D eigenvalue weighted by Crippen LogP contribution is -2.29. The van der Waals surface area contributed by atoms with Gasteiger partial charge in [0.25, 0.3) is 5.91 Å². The number of carbonyl (C=O) groups is 1. The summed E-state index contributed by atoms with van der Waals surface area (Å²) in [4.78, 5) is 12.7. The van der Waals surface area contributed by atoms with E-state index in [0.29, 0.717) is 28.4 Å². The van der Waals surface area contributed by atoms with Gasteiger partial charge in [0.15, 0.2) is 22.9 Å². The first-order valence-corrected chi connectivity index (χ1v) is 10.1. The molecule has 0 aliphatic carbocycles. The van der Waals surface area contributed by atoms with Crippen molar-refractivity contribution in [1.82, 2.24) is 20.3 Å². The van der Waals surface area contributed by atoms with Crippen LogP contribution in [0, 0.1) is 5.82 Å². The van der Waals surface area contributed by atoms with Crippen molar-refractivity contribution in [3.8, 4) is 17.2 Å². The highest BCUT2D eigenvalue weighted by atomic mass is 19.4. The van der Waals surface area contributed by atoms with Crippen LogP contribution in [0.1, 0.15) is 48.1 Å². The van der Waals surface area contributed by atoms with Crippen LogP contribution in [0.15, 0.2) is 42.5 Å². The van der Waals surface area contributed by atoms with Crippen LogP contribution in [-0.2, 0) is 6.18 Å². The monoisotopic (exact) mass is 466 g/mol. The zero-order valence-corrected chi connectivity index (χ0v) is 18.1. The van der Waals surface area contributed by atoms with Crippen LogP contribution in [0.5, 0.6) is 11.5 Å². The summed E-state index contributed by atoms with van der Waals surface area (Å²) in [6.07, 6.45) is -4.13. The number of hydrogen-bond acceptors (Lipinski definition) is 5. The molecule has 1 aromatic heterocycles. The van der Waals surface area contributed by atoms with Gasteiger partial charge in [-0.1, -0.05) is 18.2 Å². The summed E-state index contributed by atoms with van der Waals surface area (Å²) in [7, 11) is 1.46. The fourth-order valence-corrected chi connectivity index (χ4v) is 3.09. The van der Waals surface area contributed by atoms with E-state index < -0.39 is 35.3 Å². The molecule has 1 N–H and O–H groups in total. The summed E-state index contributed by atoms with van der Waals surface area (Å²) in [5, 5.41) is 9.43. The van der Waals surface area contributed by atoms with Crippen molar-refractivity contribution in [2.24, 2.45) is 0 Å². The second-order valence-electron chi connectivity index (χ2n) is 7.13. The topological polar surface area (TPSA) is 78.3 Å². The van der Waals surface area contributed by atoms with Crippen molar-refractivity contribution in [2.75, 3.05) is 13.7 Å². The second-order valence-corrected chi connectivity index (χ2v) is 7.13. The van der Waals surface area contributed by atoms with Crippen molar-refractivity contribution in [3.63, 3.8) is 0 Å². The van der Waals surface area contributed by atoms with Gasteiger partial charge in [-0.25, -0.2) is 9.07 Å². The molecule has 3 aromatic rings. The number of amides is 1. The first-order chi connectivity index (χ1) is 15.7. The zero-order chi connectivity index (χ0) is 24.2. The van der Waals surface area contributed by atoms with Crippen molar-refractivity contribution < 1.29 is 31.8 Å². The van der Waals surface area contributed by atoms with Crippen molar-refractivity contribution in [2.45, 2.75) is 32.5 Å². The van der Waals surface area contributed by atoms with Crippen LogP contribution < -0.4 is 14.8 Å². The lowest BCUT2D eigenvalue weighted by Gasteiger charge is -2.17. The second kappa shape index (κ2) is 9.88. The molecule has 176 valence electrons. The Labute approximate surface area is 187 Å². The van der Waals surface area contributed by atoms with E-state index in [4.69, 9.17) is 9.47 Å². The van der Waals surface area contributed by atoms with E-state index >= 15 is 0 Å². The Balaban J connectivity index is 1.87. The molecule has 1 heterocycles. The smallest absolute Gasteiger partial charge is 0.435 e. The Kier molecular flexibility index (Phi) is 7.19. The van der Waals surface area contributed by atoms with Crippen molar-refractivity contribution >= 4 is 5.91 Å². The molecule has 0 aliphatic rings. The molecule has 2 aromatic carbocycles. The average molecular weight is 466 g/mol. The SMILES string of the molecule is CCCOc1ccc(C(C)NC(=O)c2nnn(-c3ccc(F)cc3)c2C(F)(F)F)cc1OC. The van der Waals surface area contributed by atoms with E-state index in [-0.39, 0.29) is 5.69 Å². The van der Waals surface area contributed by atoms with Gasteiger partial charge in [0.05, 0.1) is 25.4 Å². The van der Waals surface area contributed by atoms with E-state index in [1.165, 1.54) is 7.11 Å². The molecule has 3 rings (SSSR count). The lowest BCUT2D eigenvalue weighted by atomic mass is 10.1. The molecule has 1 unspecified atom stereocenters. The molecule has 0 spiro atoms. The maximum atomic E-state index is 13.8. The quantitative estimate of drug-likeness (QED) is 0.487. The minimum Gasteiger partial charge on any atom is -0.493 e. The fraction of sp³-hybridized carbons (Fsp3) is 0.318. The molecular formula is C22H22F4N4O3. The average Bonchev–Trinajstić information content (AvgIpc) is 3.24. The molecule has 0 bridgehead atoms. The van der Waals surface area contributed by atoms with E-state index in [9.17, 15) is 22.4 Å². The number of benzene rings is 2. The number of hydrogen-bond donors (Lipinski definition) is 1. The van der Waals surface area contributed by atoms with E-state index in [0.717, 1.165) is 30.7 Å². The predicted octanol–water partition coefficient (Wildman–Crippen LogP) is 4.71. The van der Waals surface area contributed by atoms with Gasteiger partial charge in [0.2, 0.25) is 0 Å². The number of carbonyl (C=O) groups excluding carboxylic acids is 1. The zero-order valence-electron chi connectivity index (χ0n) is 18.1. The summed E-state index contributed by atoms with van der Waals surface area (Å²) in [5.74, 6) is -0.738. The third-order valence-corrected chi connectivity index (χ3v) is 4.72. The number of rotatable bonds is 8. The molecule has 0 radical (unpaired) electrons. The van der Waals surface area contributed by atoms with Crippen LogP contribution in [0.25, 0.3) is 5.69 Å². The van der Waals surface area contributed by atoms with Crippen molar-refractivity contribution in [3.05, 3.63) is 65.2 Å². The Morgan fingerprint density at radius 1 is 1.15 bits per heavy atom. The third kappa shape index (κ3) is 5.41. The van der Waals surface area contributed by atoms with Gasteiger partial charge >= 0.3 is 6.18 Å². The Hall–Kier alpha value is -3.63. The van der Waals surface area contributed by atoms with Crippen LogP contribution in [-0.4, -0.2) is 34.6 Å². The summed E-state index contributed by atoms with van der Waals surface area (Å²) >= 11 is 0. The lowest BCUT2D eigenvalue weighted by molar-refractivity contribution is -0.143. The van der Waals surface area contributed by atoms with E-state index in [1.807, 2.05) is 6.92 Å². The standard InChI is InChI=1S/C22H22F4N4O3/c1-4-11-33-17-10-5-14(12-18(17)32-3)13(2)27-21(31)19-20(22(24,25)26)30(29-28-19)16-8-6-15(23)7-9-16/h5-10,12-13H,4,11H2,1-3H3,(H,27,31). The number of alkyl halides is 3. The van der Waals surface area contributed by atoms with Gasteiger partial charge in [0.1, 0.15) is 5.82 Å². The van der Waals surface area contributed by atoms with Gasteiger partial charge in [0, 0.05) is 0 Å². The predicted molar refractivity (Wildman–Crippen MR) is 111 cm³/mol. The highest BCUT2D eigenvalue weighted by Crippen LogP contribution is 2.34. The molecule has 0 aliphatic heterocycles. The Bertz CT molecular complexity index is 1110. The molecule has 7 nitrogen and oxygen atoms in total. The molecule has 33 heavy (non-hydrogen) atoms. The van der Waals surface area contributed by atoms with Crippen LogP contribution in [0.3, 0.4) is 0 Å². The third-order valence-electron chi connectivity index (χ3n) is 4.72. The molecular weight excluding hydrogens is 444 g/mol. The molecule has 0 saturated carbocycles. The molecule has 0 fully saturated rings. The fourth-order valence-electron chi connectivity index (χ4n) is 3.09. The first-order valence-electron chi connectivity index (χ1n) is 10.1. The number of nitrogens with zero attached hydrogens (tertiary/aromatic N) is 3. The number of aromatic nitrogens is 3. The summed E-state index contributed by atoms with van der Waals surface area (Å²) in [5.41, 5.74) is -1.76. The van der Waals surface area contributed by atoms with E-state index in [2.05, 4.69) is 15.6 Å². The largest absolute Gasteiger partial charge is 0.493 e. The minimum atomic E-state index is -4.94. The molecule has 11 heteroatoms. The van der Waals surface area contributed by atoms with Gasteiger partial charge in [-0.15, -0.1) is 5.10 Å². The van der Waals surface area contributed by atoms with Crippen molar-refractivity contribution in [1.29, 1.82) is 0 Å². The molecule has 1 amide bonds. The number of ether oxygens (including phenoxy) is 2. The van der Waals surface area contributed by atoms with Gasteiger partial charge in [-0.2, -0.15) is 13.2 Å². The van der Waals surface area contributed by atoms with Gasteiger partial charge in [-0.05, 0) is 55.3 Å². The van der Waals surface area contributed by atoms with Crippen LogP contribution in [0.2, 0.25) is 0 Å². The first kappa shape index (κ1) is 24.0. The molecule has 0 saturated heterocycles. The van der Waals surface area contributed by atoms with Gasteiger partial charge < -0.3 is 14.8 Å². The van der Waals surface area contributed by atoms with Gasteiger partial charge in [-0.3, -0.25) is 4.79 Å². The Morgan fingerprint density at radius 2 is 1.85 bits per heavy atom.